The molecule has 3 heterocycles. The molecule has 5 rings (SSSR count). The summed E-state index contributed by atoms with van der Waals surface area (Å²) in [4.78, 5) is 27.5. The zero-order chi connectivity index (χ0) is 22.8. The summed E-state index contributed by atoms with van der Waals surface area (Å²) < 4.78 is 1.28. The Balaban J connectivity index is 1.10. The SMILES string of the molecule is Nn1c(CCCCN2CCN(c3ccc4ccccc4n3)CC2)nc2c(c1=O)CC(Br)CC2. The number of hydrogen-bond acceptors (Lipinski definition) is 6. The first-order valence-corrected chi connectivity index (χ1v) is 12.9. The highest BCUT2D eigenvalue weighted by Gasteiger charge is 2.23. The summed E-state index contributed by atoms with van der Waals surface area (Å²) in [5.74, 6) is 7.88. The van der Waals surface area contributed by atoms with Crippen molar-refractivity contribution in [2.24, 2.45) is 0 Å². The number of aryl methyl sites for hydroxylation is 2. The predicted octanol–water partition coefficient (Wildman–Crippen LogP) is 2.90. The predicted molar refractivity (Wildman–Crippen MR) is 137 cm³/mol. The number of pyridine rings is 1. The molecule has 0 amide bonds. The van der Waals surface area contributed by atoms with Crippen LogP contribution in [0.3, 0.4) is 0 Å². The van der Waals surface area contributed by atoms with Crippen molar-refractivity contribution in [3.8, 4) is 0 Å². The molecule has 1 unspecified atom stereocenters. The van der Waals surface area contributed by atoms with Crippen LogP contribution >= 0.6 is 15.9 Å². The molecule has 7 nitrogen and oxygen atoms in total. The summed E-state index contributed by atoms with van der Waals surface area (Å²) in [7, 11) is 0. The standard InChI is InChI=1S/C25H31BrN6O/c26-19-9-10-22-20(17-19)25(33)32(27)24(29-22)7-3-4-12-30-13-15-31(16-14-30)23-11-8-18-5-1-2-6-21(18)28-23/h1-2,5-6,8,11,19H,3-4,7,9-10,12-17,27H2. The number of piperazine rings is 1. The molecule has 2 aliphatic rings. The average molecular weight is 511 g/mol. The number of fused-ring (bicyclic) bond motifs is 2. The van der Waals surface area contributed by atoms with Gasteiger partial charge in [0.25, 0.3) is 5.56 Å². The number of alkyl halides is 1. The zero-order valence-electron chi connectivity index (χ0n) is 18.9. The van der Waals surface area contributed by atoms with Gasteiger partial charge in [-0.05, 0) is 56.8 Å². The Bertz CT molecular complexity index is 1190. The number of halogens is 1. The Morgan fingerprint density at radius 2 is 1.85 bits per heavy atom. The van der Waals surface area contributed by atoms with Crippen molar-refractivity contribution < 1.29 is 0 Å². The van der Waals surface area contributed by atoms with Crippen molar-refractivity contribution in [3.05, 3.63) is 63.8 Å². The number of hydrogen-bond donors (Lipinski definition) is 1. The van der Waals surface area contributed by atoms with E-state index in [9.17, 15) is 4.79 Å². The van der Waals surface area contributed by atoms with E-state index in [0.717, 1.165) is 99.7 Å². The number of para-hydroxylation sites is 1. The number of anilines is 1. The molecule has 1 aromatic carbocycles. The third kappa shape index (κ3) is 4.92. The van der Waals surface area contributed by atoms with Gasteiger partial charge in [-0.3, -0.25) is 9.69 Å². The number of nitrogens with zero attached hydrogens (tertiary/aromatic N) is 5. The summed E-state index contributed by atoms with van der Waals surface area (Å²) in [5.41, 5.74) is 2.72. The third-order valence-electron chi connectivity index (χ3n) is 6.89. The van der Waals surface area contributed by atoms with E-state index in [2.05, 4.69) is 56.1 Å². The van der Waals surface area contributed by atoms with Gasteiger partial charge in [-0.25, -0.2) is 14.6 Å². The van der Waals surface area contributed by atoms with Crippen LogP contribution in [0.1, 0.15) is 36.3 Å². The number of nitrogens with two attached hydrogens (primary N) is 1. The Hall–Kier alpha value is -2.45. The molecule has 174 valence electrons. The minimum Gasteiger partial charge on any atom is -0.354 e. The fourth-order valence-corrected chi connectivity index (χ4v) is 5.47. The average Bonchev–Trinajstić information content (AvgIpc) is 2.85. The van der Waals surface area contributed by atoms with E-state index in [1.54, 1.807) is 0 Å². The Kier molecular flexibility index (Phi) is 6.64. The van der Waals surface area contributed by atoms with E-state index < -0.39 is 0 Å². The van der Waals surface area contributed by atoms with Crippen LogP contribution in [0.2, 0.25) is 0 Å². The molecule has 1 aliphatic heterocycles. The van der Waals surface area contributed by atoms with Gasteiger partial charge < -0.3 is 10.7 Å². The Morgan fingerprint density at radius 1 is 1.03 bits per heavy atom. The normalized spacial score (nSPS) is 19.1. The van der Waals surface area contributed by atoms with Crippen LogP contribution in [0, 0.1) is 0 Å². The quantitative estimate of drug-likeness (QED) is 0.312. The summed E-state index contributed by atoms with van der Waals surface area (Å²) >= 11 is 3.62. The van der Waals surface area contributed by atoms with Crippen molar-refractivity contribution >= 4 is 32.7 Å². The van der Waals surface area contributed by atoms with Crippen molar-refractivity contribution in [1.82, 2.24) is 19.5 Å². The highest BCUT2D eigenvalue weighted by Crippen LogP contribution is 2.23. The van der Waals surface area contributed by atoms with Gasteiger partial charge in [-0.1, -0.05) is 34.1 Å². The lowest BCUT2D eigenvalue weighted by Gasteiger charge is -2.35. The maximum atomic E-state index is 12.6. The first-order chi connectivity index (χ1) is 16.1. The van der Waals surface area contributed by atoms with E-state index in [1.807, 2.05) is 6.07 Å². The third-order valence-corrected chi connectivity index (χ3v) is 7.67. The van der Waals surface area contributed by atoms with Crippen LogP contribution in [-0.2, 0) is 19.3 Å². The van der Waals surface area contributed by atoms with E-state index in [1.165, 1.54) is 10.1 Å². The van der Waals surface area contributed by atoms with E-state index in [0.29, 0.717) is 4.83 Å². The van der Waals surface area contributed by atoms with Crippen LogP contribution < -0.4 is 16.3 Å². The highest BCUT2D eigenvalue weighted by atomic mass is 79.9. The fraction of sp³-hybridized carbons (Fsp3) is 0.480. The molecule has 2 N–H and O–H groups in total. The number of benzene rings is 1. The lowest BCUT2D eigenvalue weighted by atomic mass is 9.97. The van der Waals surface area contributed by atoms with Gasteiger partial charge in [0.2, 0.25) is 0 Å². The van der Waals surface area contributed by atoms with Crippen LogP contribution in [0.15, 0.2) is 41.2 Å². The molecule has 3 aromatic rings. The molecule has 8 heteroatoms. The van der Waals surface area contributed by atoms with Gasteiger partial charge >= 0.3 is 0 Å². The van der Waals surface area contributed by atoms with Gasteiger partial charge in [-0.15, -0.1) is 0 Å². The minimum atomic E-state index is -0.0717. The van der Waals surface area contributed by atoms with E-state index in [4.69, 9.17) is 15.8 Å². The number of aromatic nitrogens is 3. The molecule has 33 heavy (non-hydrogen) atoms. The monoisotopic (exact) mass is 510 g/mol. The molecule has 0 spiro atoms. The summed E-state index contributed by atoms with van der Waals surface area (Å²) in [6.07, 6.45) is 5.40. The summed E-state index contributed by atoms with van der Waals surface area (Å²) in [6, 6.07) is 12.6. The molecular formula is C25H31BrN6O. The van der Waals surface area contributed by atoms with Crippen molar-refractivity contribution in [1.29, 1.82) is 0 Å². The lowest BCUT2D eigenvalue weighted by molar-refractivity contribution is 0.252. The molecule has 1 saturated heterocycles. The second-order valence-corrected chi connectivity index (χ2v) is 10.4. The molecule has 1 aliphatic carbocycles. The number of nitrogen functional groups attached to an aromatic ring is 1. The van der Waals surface area contributed by atoms with Crippen LogP contribution in [0.5, 0.6) is 0 Å². The van der Waals surface area contributed by atoms with E-state index in [-0.39, 0.29) is 5.56 Å². The topological polar surface area (TPSA) is 80.3 Å². The Labute approximate surface area is 202 Å². The number of unbranched alkanes of at least 4 members (excludes halogenated alkanes) is 1. The van der Waals surface area contributed by atoms with Crippen molar-refractivity contribution in [2.45, 2.75) is 43.4 Å². The van der Waals surface area contributed by atoms with E-state index >= 15 is 0 Å². The van der Waals surface area contributed by atoms with Gasteiger partial charge in [0.1, 0.15) is 11.6 Å². The fourth-order valence-electron chi connectivity index (χ4n) is 4.92. The molecule has 0 bridgehead atoms. The van der Waals surface area contributed by atoms with Gasteiger partial charge in [0, 0.05) is 48.4 Å². The maximum Gasteiger partial charge on any atom is 0.275 e. The molecule has 0 radical (unpaired) electrons. The van der Waals surface area contributed by atoms with Crippen LogP contribution in [0.4, 0.5) is 5.82 Å². The largest absolute Gasteiger partial charge is 0.354 e. The molecule has 2 aromatic heterocycles. The second-order valence-electron chi connectivity index (χ2n) is 9.12. The first kappa shape index (κ1) is 22.3. The lowest BCUT2D eigenvalue weighted by Crippen LogP contribution is -2.46. The molecule has 1 fully saturated rings. The van der Waals surface area contributed by atoms with Crippen LogP contribution in [0.25, 0.3) is 10.9 Å². The van der Waals surface area contributed by atoms with Gasteiger partial charge in [-0.2, -0.15) is 0 Å². The van der Waals surface area contributed by atoms with Crippen molar-refractivity contribution in [3.63, 3.8) is 0 Å². The molecular weight excluding hydrogens is 480 g/mol. The summed E-state index contributed by atoms with van der Waals surface area (Å²) in [6.45, 7) is 5.13. The summed E-state index contributed by atoms with van der Waals surface area (Å²) in [5, 5.41) is 1.18. The van der Waals surface area contributed by atoms with Gasteiger partial charge in [0.15, 0.2) is 0 Å². The molecule has 1 atom stereocenters. The number of rotatable bonds is 6. The highest BCUT2D eigenvalue weighted by molar-refractivity contribution is 9.09. The Morgan fingerprint density at radius 3 is 2.70 bits per heavy atom. The minimum absolute atomic E-state index is 0.0717. The van der Waals surface area contributed by atoms with Gasteiger partial charge in [0.05, 0.1) is 11.2 Å². The smallest absolute Gasteiger partial charge is 0.275 e. The van der Waals surface area contributed by atoms with Crippen molar-refractivity contribution in [2.75, 3.05) is 43.5 Å². The zero-order valence-corrected chi connectivity index (χ0v) is 20.5. The second kappa shape index (κ2) is 9.81. The molecule has 0 saturated carbocycles. The maximum absolute atomic E-state index is 12.6. The van der Waals surface area contributed by atoms with Crippen LogP contribution in [-0.4, -0.2) is 57.1 Å². The first-order valence-electron chi connectivity index (χ1n) is 11.9.